The lowest BCUT2D eigenvalue weighted by molar-refractivity contribution is 0.252. The molecule has 7 heteroatoms. The van der Waals surface area contributed by atoms with E-state index >= 15 is 0 Å². The van der Waals surface area contributed by atoms with Crippen LogP contribution >= 0.6 is 11.8 Å². The van der Waals surface area contributed by atoms with Crippen LogP contribution in [-0.2, 0) is 6.54 Å². The molecule has 0 radical (unpaired) electrons. The Hall–Kier alpha value is -1.63. The number of thioether (sulfide) groups is 1. The smallest absolute Gasteiger partial charge is 0.315 e. The number of aromatic nitrogens is 2. The van der Waals surface area contributed by atoms with Gasteiger partial charge in [0.2, 0.25) is 5.89 Å². The van der Waals surface area contributed by atoms with Crippen LogP contribution in [0.2, 0.25) is 0 Å². The lowest BCUT2D eigenvalue weighted by Gasteiger charge is -2.03. The van der Waals surface area contributed by atoms with Crippen molar-refractivity contribution < 1.29 is 13.2 Å². The molecule has 0 spiro atoms. The van der Waals surface area contributed by atoms with Gasteiger partial charge in [0.1, 0.15) is 0 Å². The minimum Gasteiger partial charge on any atom is -0.408 e. The van der Waals surface area contributed by atoms with Crippen LogP contribution in [0.5, 0.6) is 0 Å². The van der Waals surface area contributed by atoms with E-state index in [9.17, 15) is 8.78 Å². The standard InChI is InChI=1S/C11H11F2N3OS/c1-7-15-16-11(17-7)14-6-8-2-4-9(5-3-8)18-10(12)13/h2-5,10H,6H2,1H3,(H,14,16). The topological polar surface area (TPSA) is 51.0 Å². The Morgan fingerprint density at radius 1 is 1.28 bits per heavy atom. The summed E-state index contributed by atoms with van der Waals surface area (Å²) in [6, 6.07) is 7.22. The summed E-state index contributed by atoms with van der Waals surface area (Å²) in [6.07, 6.45) is 0. The van der Waals surface area contributed by atoms with Gasteiger partial charge < -0.3 is 9.73 Å². The largest absolute Gasteiger partial charge is 0.408 e. The first-order valence-corrected chi connectivity index (χ1v) is 6.09. The van der Waals surface area contributed by atoms with Gasteiger partial charge in [-0.3, -0.25) is 0 Å². The van der Waals surface area contributed by atoms with Crippen molar-refractivity contribution in [2.75, 3.05) is 5.32 Å². The molecule has 0 saturated heterocycles. The Morgan fingerprint density at radius 3 is 2.56 bits per heavy atom. The van der Waals surface area contributed by atoms with Crippen LogP contribution in [0.3, 0.4) is 0 Å². The lowest BCUT2D eigenvalue weighted by atomic mass is 10.2. The second-order valence-electron chi connectivity index (χ2n) is 3.50. The molecule has 0 aliphatic rings. The molecule has 0 fully saturated rings. The minimum atomic E-state index is -2.39. The van der Waals surface area contributed by atoms with Crippen molar-refractivity contribution in [2.45, 2.75) is 24.1 Å². The zero-order chi connectivity index (χ0) is 13.0. The normalized spacial score (nSPS) is 10.9. The highest BCUT2D eigenvalue weighted by molar-refractivity contribution is 7.99. The van der Waals surface area contributed by atoms with Gasteiger partial charge in [-0.25, -0.2) is 0 Å². The number of nitrogens with one attached hydrogen (secondary N) is 1. The molecule has 18 heavy (non-hydrogen) atoms. The number of aryl methyl sites for hydroxylation is 1. The van der Waals surface area contributed by atoms with Crippen LogP contribution in [0, 0.1) is 6.92 Å². The highest BCUT2D eigenvalue weighted by Gasteiger charge is 2.05. The maximum absolute atomic E-state index is 12.1. The molecule has 0 saturated carbocycles. The fourth-order valence-corrected chi connectivity index (χ4v) is 1.83. The molecule has 1 N–H and O–H groups in total. The first-order valence-electron chi connectivity index (χ1n) is 5.21. The summed E-state index contributed by atoms with van der Waals surface area (Å²) in [5.41, 5.74) is 0.949. The first-order chi connectivity index (χ1) is 8.63. The monoisotopic (exact) mass is 271 g/mol. The molecule has 0 aliphatic carbocycles. The minimum absolute atomic E-state index is 0.346. The second kappa shape index (κ2) is 5.81. The molecule has 0 atom stereocenters. The SMILES string of the molecule is Cc1nnc(NCc2ccc(SC(F)F)cc2)o1. The number of anilines is 1. The average molecular weight is 271 g/mol. The molecule has 1 aromatic heterocycles. The Kier molecular flexibility index (Phi) is 4.14. The molecular weight excluding hydrogens is 260 g/mol. The van der Waals surface area contributed by atoms with Gasteiger partial charge in [-0.1, -0.05) is 29.0 Å². The first kappa shape index (κ1) is 12.8. The number of hydrogen-bond acceptors (Lipinski definition) is 5. The van der Waals surface area contributed by atoms with E-state index in [1.165, 1.54) is 0 Å². The molecule has 0 unspecified atom stereocenters. The Balaban J connectivity index is 1.90. The quantitative estimate of drug-likeness (QED) is 0.845. The van der Waals surface area contributed by atoms with Crippen LogP contribution in [0.4, 0.5) is 14.8 Å². The molecule has 2 rings (SSSR count). The maximum Gasteiger partial charge on any atom is 0.315 e. The number of halogens is 2. The van der Waals surface area contributed by atoms with Crippen molar-refractivity contribution in [2.24, 2.45) is 0 Å². The number of rotatable bonds is 5. The van der Waals surface area contributed by atoms with Gasteiger partial charge in [0.25, 0.3) is 5.76 Å². The lowest BCUT2D eigenvalue weighted by Crippen LogP contribution is -1.99. The predicted octanol–water partition coefficient (Wildman–Crippen LogP) is 3.30. The fourth-order valence-electron chi connectivity index (χ4n) is 1.33. The van der Waals surface area contributed by atoms with Gasteiger partial charge >= 0.3 is 6.01 Å². The van der Waals surface area contributed by atoms with Gasteiger partial charge in [-0.15, -0.1) is 5.10 Å². The zero-order valence-electron chi connectivity index (χ0n) is 9.56. The van der Waals surface area contributed by atoms with E-state index in [2.05, 4.69) is 15.5 Å². The van der Waals surface area contributed by atoms with Gasteiger partial charge in [0, 0.05) is 18.4 Å². The van der Waals surface area contributed by atoms with Crippen LogP contribution in [0.1, 0.15) is 11.5 Å². The summed E-state index contributed by atoms with van der Waals surface area (Å²) in [4.78, 5) is 0.544. The van der Waals surface area contributed by atoms with E-state index in [4.69, 9.17) is 4.42 Å². The fraction of sp³-hybridized carbons (Fsp3) is 0.273. The zero-order valence-corrected chi connectivity index (χ0v) is 10.4. The third-order valence-electron chi connectivity index (χ3n) is 2.12. The third kappa shape index (κ3) is 3.69. The van der Waals surface area contributed by atoms with Crippen LogP contribution in [-0.4, -0.2) is 16.0 Å². The molecule has 2 aromatic rings. The second-order valence-corrected chi connectivity index (χ2v) is 4.57. The van der Waals surface area contributed by atoms with Crippen LogP contribution < -0.4 is 5.32 Å². The van der Waals surface area contributed by atoms with Crippen molar-refractivity contribution in [1.29, 1.82) is 0 Å². The molecule has 1 heterocycles. The molecule has 0 bridgehead atoms. The Morgan fingerprint density at radius 2 is 2.00 bits per heavy atom. The van der Waals surface area contributed by atoms with E-state index < -0.39 is 5.76 Å². The summed E-state index contributed by atoms with van der Waals surface area (Å²) in [6.45, 7) is 2.20. The van der Waals surface area contributed by atoms with Crippen molar-refractivity contribution in [3.05, 3.63) is 35.7 Å². The summed E-state index contributed by atoms with van der Waals surface area (Å²) in [7, 11) is 0. The van der Waals surface area contributed by atoms with Crippen molar-refractivity contribution in [3.8, 4) is 0 Å². The van der Waals surface area contributed by atoms with Crippen molar-refractivity contribution in [3.63, 3.8) is 0 Å². The maximum atomic E-state index is 12.1. The third-order valence-corrected chi connectivity index (χ3v) is 2.84. The molecule has 4 nitrogen and oxygen atoms in total. The van der Waals surface area contributed by atoms with E-state index in [0.717, 1.165) is 5.56 Å². The average Bonchev–Trinajstić information content (AvgIpc) is 2.74. The predicted molar refractivity (Wildman–Crippen MR) is 64.7 cm³/mol. The van der Waals surface area contributed by atoms with E-state index in [-0.39, 0.29) is 0 Å². The molecule has 0 aliphatic heterocycles. The highest BCUT2D eigenvalue weighted by atomic mass is 32.2. The highest BCUT2D eigenvalue weighted by Crippen LogP contribution is 2.25. The van der Waals surface area contributed by atoms with Crippen molar-refractivity contribution in [1.82, 2.24) is 10.2 Å². The van der Waals surface area contributed by atoms with Gasteiger partial charge in [-0.2, -0.15) is 8.78 Å². The molecular formula is C11H11F2N3OS. The van der Waals surface area contributed by atoms with E-state index in [1.54, 1.807) is 31.2 Å². The number of alkyl halides is 2. The molecule has 1 aromatic carbocycles. The van der Waals surface area contributed by atoms with Crippen molar-refractivity contribution >= 4 is 17.8 Å². The summed E-state index contributed by atoms with van der Waals surface area (Å²) in [5, 5.41) is 10.4. The summed E-state index contributed by atoms with van der Waals surface area (Å²) in [5.74, 6) is -1.91. The van der Waals surface area contributed by atoms with Gasteiger partial charge in [-0.05, 0) is 17.7 Å². The van der Waals surface area contributed by atoms with Gasteiger partial charge in [0.15, 0.2) is 0 Å². The summed E-state index contributed by atoms with van der Waals surface area (Å²) < 4.78 is 29.4. The Labute approximate surface area is 107 Å². The van der Waals surface area contributed by atoms with Gasteiger partial charge in [0.05, 0.1) is 0 Å². The summed E-state index contributed by atoms with van der Waals surface area (Å²) >= 11 is 0.530. The Bertz CT molecular complexity index is 501. The molecule has 96 valence electrons. The van der Waals surface area contributed by atoms with Crippen LogP contribution in [0.15, 0.2) is 33.6 Å². The number of hydrogen-bond donors (Lipinski definition) is 1. The number of benzene rings is 1. The van der Waals surface area contributed by atoms with Crippen LogP contribution in [0.25, 0.3) is 0 Å². The van der Waals surface area contributed by atoms with E-state index in [0.29, 0.717) is 35.1 Å². The molecule has 0 amide bonds. The van der Waals surface area contributed by atoms with E-state index in [1.807, 2.05) is 0 Å². The number of nitrogens with zero attached hydrogens (tertiary/aromatic N) is 2.